The van der Waals surface area contributed by atoms with Crippen LogP contribution >= 0.6 is 0 Å². The van der Waals surface area contributed by atoms with Gasteiger partial charge in [0, 0.05) is 12.3 Å². The molecule has 5 rings (SSSR count). The molecule has 0 spiro atoms. The van der Waals surface area contributed by atoms with Crippen molar-refractivity contribution >= 4 is 5.78 Å². The van der Waals surface area contributed by atoms with E-state index in [2.05, 4.69) is 58.9 Å². The average Bonchev–Trinajstić information content (AvgIpc) is 3.26. The summed E-state index contributed by atoms with van der Waals surface area (Å²) < 4.78 is 6.23. The number of carbonyl (C=O) groups is 1. The van der Waals surface area contributed by atoms with Gasteiger partial charge in [-0.3, -0.25) is 4.79 Å². The van der Waals surface area contributed by atoms with Gasteiger partial charge in [-0.05, 0) is 131 Å². The number of carbonyl (C=O) groups excluding carboxylic acids is 1. The number of aliphatic hydroxyl groups is 1. The van der Waals surface area contributed by atoms with Crippen LogP contribution in [-0.4, -0.2) is 22.1 Å². The predicted molar refractivity (Wildman–Crippen MR) is 155 cm³/mol. The Morgan fingerprint density at radius 1 is 0.974 bits per heavy atom. The number of hydrogen-bond donors (Lipinski definition) is 1. The number of Topliss-reactive ketones (excluding diaryl/α,β-unsaturated/α-hetero) is 1. The summed E-state index contributed by atoms with van der Waals surface area (Å²) in [5.74, 6) is 3.74. The minimum absolute atomic E-state index is 0.194. The van der Waals surface area contributed by atoms with Crippen LogP contribution < -0.4 is 0 Å². The summed E-state index contributed by atoms with van der Waals surface area (Å²) in [4.78, 5) is 13.7. The summed E-state index contributed by atoms with van der Waals surface area (Å²) >= 11 is 0. The summed E-state index contributed by atoms with van der Waals surface area (Å²) in [7, 11) is 0. The average molecular weight is 523 g/mol. The standard InChI is InChI=1S/C35H54O3/c1-6-35(37)22-21-33(4)26(23-35)14-15-27-28-16-17-30(34(28,5)20-18-29(27)33)31(36)13-10-19-32(2,3)38-24-25-11-8-7-9-12-25/h7-9,11-12,26-30,37H,6,10,13-24H2,1-5H3/t26-,27-,28-,29-,30+,33-,34-,35-/m0/s1. The third-order valence-electron chi connectivity index (χ3n) is 12.5. The number of ketones is 1. The topological polar surface area (TPSA) is 46.5 Å². The van der Waals surface area contributed by atoms with Crippen molar-refractivity contribution in [1.82, 2.24) is 0 Å². The predicted octanol–water partition coefficient (Wildman–Crippen LogP) is 8.52. The molecule has 3 nitrogen and oxygen atoms in total. The molecule has 212 valence electrons. The molecule has 0 aliphatic heterocycles. The first kappa shape index (κ1) is 28.3. The van der Waals surface area contributed by atoms with Crippen LogP contribution in [0.4, 0.5) is 0 Å². The zero-order valence-electron chi connectivity index (χ0n) is 24.9. The van der Waals surface area contributed by atoms with Gasteiger partial charge in [0.1, 0.15) is 5.78 Å². The van der Waals surface area contributed by atoms with Crippen molar-refractivity contribution in [1.29, 1.82) is 0 Å². The summed E-state index contributed by atoms with van der Waals surface area (Å²) in [6.45, 7) is 12.2. The van der Waals surface area contributed by atoms with Crippen molar-refractivity contribution in [3.63, 3.8) is 0 Å². The van der Waals surface area contributed by atoms with Crippen LogP contribution in [0.3, 0.4) is 0 Å². The summed E-state index contributed by atoms with van der Waals surface area (Å²) in [6.07, 6.45) is 14.1. The molecule has 0 amide bonds. The molecule has 0 aromatic heterocycles. The van der Waals surface area contributed by atoms with Crippen molar-refractivity contribution in [3.8, 4) is 0 Å². The largest absolute Gasteiger partial charge is 0.390 e. The molecule has 38 heavy (non-hydrogen) atoms. The van der Waals surface area contributed by atoms with E-state index in [1.165, 1.54) is 44.1 Å². The van der Waals surface area contributed by atoms with Crippen LogP contribution in [0.5, 0.6) is 0 Å². The van der Waals surface area contributed by atoms with E-state index in [1.54, 1.807) is 0 Å². The molecule has 4 fully saturated rings. The van der Waals surface area contributed by atoms with Gasteiger partial charge in [0.2, 0.25) is 0 Å². The molecular weight excluding hydrogens is 468 g/mol. The Morgan fingerprint density at radius 3 is 2.45 bits per heavy atom. The zero-order chi connectivity index (χ0) is 27.2. The summed E-state index contributed by atoms with van der Waals surface area (Å²) in [5, 5.41) is 11.1. The number of hydrogen-bond acceptors (Lipinski definition) is 3. The molecule has 1 N–H and O–H groups in total. The van der Waals surface area contributed by atoms with E-state index in [9.17, 15) is 9.90 Å². The molecule has 0 radical (unpaired) electrons. The van der Waals surface area contributed by atoms with Crippen molar-refractivity contribution in [2.75, 3.05) is 0 Å². The first-order valence-electron chi connectivity index (χ1n) is 15.9. The Bertz CT molecular complexity index is 971. The van der Waals surface area contributed by atoms with E-state index in [4.69, 9.17) is 4.74 Å². The minimum atomic E-state index is -0.424. The van der Waals surface area contributed by atoms with Crippen molar-refractivity contribution in [2.24, 2.45) is 40.4 Å². The quantitative estimate of drug-likeness (QED) is 0.353. The lowest BCUT2D eigenvalue weighted by atomic mass is 9.43. The SMILES string of the molecule is CC[C@]1(O)CC[C@@]2(C)[C@@H](CC[C@@H]3[C@@H]2CC[C@]2(C)[C@@H](C(=O)CCCC(C)(C)OCc4ccccc4)CC[C@@H]32)C1. The first-order chi connectivity index (χ1) is 18.0. The second-order valence-electron chi connectivity index (χ2n) is 15.0. The molecule has 8 atom stereocenters. The van der Waals surface area contributed by atoms with E-state index in [0.29, 0.717) is 36.1 Å². The fourth-order valence-corrected chi connectivity index (χ4v) is 9.96. The lowest BCUT2D eigenvalue weighted by Crippen LogP contribution is -2.56. The lowest BCUT2D eigenvalue weighted by Gasteiger charge is -2.62. The number of fused-ring (bicyclic) bond motifs is 5. The van der Waals surface area contributed by atoms with Crippen molar-refractivity contribution in [3.05, 3.63) is 35.9 Å². The van der Waals surface area contributed by atoms with E-state index >= 15 is 0 Å². The zero-order valence-corrected chi connectivity index (χ0v) is 24.9. The Labute approximate surface area is 232 Å². The number of ether oxygens (including phenoxy) is 1. The number of benzene rings is 1. The summed E-state index contributed by atoms with van der Waals surface area (Å²) in [5.41, 5.74) is 1.15. The molecule has 0 unspecified atom stereocenters. The van der Waals surface area contributed by atoms with Gasteiger partial charge in [-0.2, -0.15) is 0 Å². The van der Waals surface area contributed by atoms with Crippen LogP contribution in [-0.2, 0) is 16.1 Å². The van der Waals surface area contributed by atoms with Crippen LogP contribution in [0.2, 0.25) is 0 Å². The normalized spacial score (nSPS) is 40.7. The Hall–Kier alpha value is -1.19. The van der Waals surface area contributed by atoms with Crippen molar-refractivity contribution in [2.45, 2.75) is 136 Å². The maximum Gasteiger partial charge on any atom is 0.136 e. The molecule has 1 aromatic rings. The highest BCUT2D eigenvalue weighted by Crippen LogP contribution is 2.68. The van der Waals surface area contributed by atoms with Gasteiger partial charge in [-0.15, -0.1) is 0 Å². The van der Waals surface area contributed by atoms with Crippen LogP contribution in [0.25, 0.3) is 0 Å². The Kier molecular flexibility index (Phi) is 7.95. The highest BCUT2D eigenvalue weighted by molar-refractivity contribution is 5.82. The molecule has 0 bridgehead atoms. The molecule has 0 saturated heterocycles. The molecular formula is C35H54O3. The second-order valence-corrected chi connectivity index (χ2v) is 15.0. The minimum Gasteiger partial charge on any atom is -0.390 e. The molecule has 4 aliphatic rings. The fourth-order valence-electron chi connectivity index (χ4n) is 9.96. The fraction of sp³-hybridized carbons (Fsp3) is 0.800. The molecule has 4 aliphatic carbocycles. The van der Waals surface area contributed by atoms with E-state index in [1.807, 2.05) is 6.07 Å². The van der Waals surface area contributed by atoms with Gasteiger partial charge in [-0.1, -0.05) is 51.1 Å². The van der Waals surface area contributed by atoms with Crippen LogP contribution in [0.15, 0.2) is 30.3 Å². The van der Waals surface area contributed by atoms with Gasteiger partial charge in [0.15, 0.2) is 0 Å². The highest BCUT2D eigenvalue weighted by Gasteiger charge is 2.61. The van der Waals surface area contributed by atoms with Crippen molar-refractivity contribution < 1.29 is 14.6 Å². The summed E-state index contributed by atoms with van der Waals surface area (Å²) in [6, 6.07) is 10.4. The van der Waals surface area contributed by atoms with Gasteiger partial charge >= 0.3 is 0 Å². The number of rotatable bonds is 9. The van der Waals surface area contributed by atoms with Gasteiger partial charge in [-0.25, -0.2) is 0 Å². The maximum absolute atomic E-state index is 13.7. The third kappa shape index (κ3) is 5.28. The second kappa shape index (κ2) is 10.7. The Balaban J connectivity index is 1.16. The van der Waals surface area contributed by atoms with E-state index < -0.39 is 5.60 Å². The molecule has 4 saturated carbocycles. The van der Waals surface area contributed by atoms with E-state index in [-0.39, 0.29) is 16.9 Å². The van der Waals surface area contributed by atoms with Gasteiger partial charge < -0.3 is 9.84 Å². The molecule has 1 aromatic carbocycles. The highest BCUT2D eigenvalue weighted by atomic mass is 16.5. The van der Waals surface area contributed by atoms with Gasteiger partial charge in [0.05, 0.1) is 17.8 Å². The molecule has 3 heteroatoms. The van der Waals surface area contributed by atoms with Crippen LogP contribution in [0.1, 0.15) is 124 Å². The smallest absolute Gasteiger partial charge is 0.136 e. The Morgan fingerprint density at radius 2 is 1.71 bits per heavy atom. The molecule has 0 heterocycles. The van der Waals surface area contributed by atoms with E-state index in [0.717, 1.165) is 50.4 Å². The maximum atomic E-state index is 13.7. The van der Waals surface area contributed by atoms with Gasteiger partial charge in [0.25, 0.3) is 0 Å². The lowest BCUT2D eigenvalue weighted by molar-refractivity contribution is -0.154. The monoisotopic (exact) mass is 522 g/mol. The van der Waals surface area contributed by atoms with Crippen LogP contribution in [0, 0.1) is 40.4 Å². The first-order valence-corrected chi connectivity index (χ1v) is 15.9. The third-order valence-corrected chi connectivity index (χ3v) is 12.5.